The average molecular weight is 734 g/mol. The van der Waals surface area contributed by atoms with E-state index in [-0.39, 0.29) is 10.8 Å². The van der Waals surface area contributed by atoms with E-state index >= 15 is 0 Å². The second-order valence-electron chi connectivity index (χ2n) is 16.9. The van der Waals surface area contributed by atoms with Crippen LogP contribution in [0.5, 0.6) is 0 Å². The summed E-state index contributed by atoms with van der Waals surface area (Å²) in [6, 6.07) is 59.7. The normalized spacial score (nSPS) is 14.6. The zero-order valence-corrected chi connectivity index (χ0v) is 32.4. The van der Waals surface area contributed by atoms with Gasteiger partial charge in [0.15, 0.2) is 0 Å². The molecular formula is C54H39NO2. The van der Waals surface area contributed by atoms with Crippen molar-refractivity contribution < 1.29 is 8.83 Å². The highest BCUT2D eigenvalue weighted by atomic mass is 16.3. The van der Waals surface area contributed by atoms with E-state index in [4.69, 9.17) is 8.83 Å². The number of nitrogens with zero attached hydrogens (tertiary/aromatic N) is 1. The maximum atomic E-state index is 6.90. The van der Waals surface area contributed by atoms with Gasteiger partial charge >= 0.3 is 0 Å². The highest BCUT2D eigenvalue weighted by molar-refractivity contribution is 6.27. The fourth-order valence-corrected chi connectivity index (χ4v) is 10.2. The van der Waals surface area contributed by atoms with Gasteiger partial charge < -0.3 is 13.7 Å². The third-order valence-corrected chi connectivity index (χ3v) is 13.1. The van der Waals surface area contributed by atoms with E-state index < -0.39 is 0 Å². The molecule has 0 fully saturated rings. The van der Waals surface area contributed by atoms with Gasteiger partial charge in [0, 0.05) is 55.0 Å². The molecule has 3 heteroatoms. The molecule has 0 saturated carbocycles. The highest BCUT2D eigenvalue weighted by Crippen LogP contribution is 2.54. The quantitative estimate of drug-likeness (QED) is 0.180. The molecule has 0 N–H and O–H groups in total. The van der Waals surface area contributed by atoms with Crippen molar-refractivity contribution in [2.24, 2.45) is 0 Å². The minimum Gasteiger partial charge on any atom is -0.456 e. The molecule has 0 radical (unpaired) electrons. The van der Waals surface area contributed by atoms with Crippen LogP contribution in [0.2, 0.25) is 0 Å². The molecule has 3 nitrogen and oxygen atoms in total. The summed E-state index contributed by atoms with van der Waals surface area (Å²) in [5.74, 6) is 0. The monoisotopic (exact) mass is 733 g/mol. The van der Waals surface area contributed by atoms with Crippen molar-refractivity contribution in [1.29, 1.82) is 0 Å². The number of fused-ring (bicyclic) bond motifs is 13. The summed E-state index contributed by atoms with van der Waals surface area (Å²) < 4.78 is 13.3. The molecule has 0 amide bonds. The average Bonchev–Trinajstić information content (AvgIpc) is 3.94. The first-order valence-corrected chi connectivity index (χ1v) is 19.9. The number of furan rings is 2. The number of rotatable bonds is 4. The van der Waals surface area contributed by atoms with E-state index in [2.05, 4.69) is 178 Å². The van der Waals surface area contributed by atoms with Crippen molar-refractivity contribution >= 4 is 60.9 Å². The molecular weight excluding hydrogens is 695 g/mol. The van der Waals surface area contributed by atoms with Gasteiger partial charge in [-0.25, -0.2) is 0 Å². The Balaban J connectivity index is 1.17. The highest BCUT2D eigenvalue weighted by Gasteiger charge is 2.38. The molecule has 0 unspecified atom stereocenters. The Hall–Kier alpha value is -6.84. The third-order valence-electron chi connectivity index (χ3n) is 13.1. The van der Waals surface area contributed by atoms with Gasteiger partial charge in [-0.3, -0.25) is 0 Å². The second kappa shape index (κ2) is 11.4. The fraction of sp³-hybridized carbons (Fsp3) is 0.111. The summed E-state index contributed by atoms with van der Waals surface area (Å²) in [6.07, 6.45) is 0. The van der Waals surface area contributed by atoms with Gasteiger partial charge in [0.2, 0.25) is 0 Å². The molecule has 10 aromatic rings. The topological polar surface area (TPSA) is 29.5 Å². The standard InChI is InChI=1S/C54H39NO2/c1-53(2)43-19-11-8-16-36(43)38-24-22-33(30-45(38)53)55(34-23-25-39-37-17-9-12-20-44(37)54(3,4)46(39)31-34)35-28-41(32-14-6-5-7-15-32)52-42(29-35)51-49(57-52)27-26-48-50(51)40-18-10-13-21-47(40)56-48/h5-31H,1-4H3. The van der Waals surface area contributed by atoms with Crippen molar-refractivity contribution in [3.63, 3.8) is 0 Å². The molecule has 272 valence electrons. The van der Waals surface area contributed by atoms with Crippen molar-refractivity contribution in [2.75, 3.05) is 4.90 Å². The predicted molar refractivity (Wildman–Crippen MR) is 236 cm³/mol. The number of para-hydroxylation sites is 1. The van der Waals surface area contributed by atoms with Gasteiger partial charge in [0.05, 0.1) is 0 Å². The van der Waals surface area contributed by atoms with E-state index in [0.29, 0.717) is 0 Å². The van der Waals surface area contributed by atoms with Crippen molar-refractivity contribution in [1.82, 2.24) is 0 Å². The van der Waals surface area contributed by atoms with Crippen LogP contribution < -0.4 is 4.90 Å². The molecule has 2 heterocycles. The number of benzene rings is 8. The summed E-state index contributed by atoms with van der Waals surface area (Å²) in [7, 11) is 0. The number of hydrogen-bond donors (Lipinski definition) is 0. The van der Waals surface area contributed by atoms with E-state index in [0.717, 1.165) is 72.1 Å². The van der Waals surface area contributed by atoms with Crippen molar-refractivity contribution in [3.8, 4) is 33.4 Å². The van der Waals surface area contributed by atoms with Gasteiger partial charge in [-0.2, -0.15) is 0 Å². The summed E-state index contributed by atoms with van der Waals surface area (Å²) >= 11 is 0. The van der Waals surface area contributed by atoms with Crippen LogP contribution in [-0.2, 0) is 10.8 Å². The lowest BCUT2D eigenvalue weighted by Crippen LogP contribution is -2.18. The molecule has 0 spiro atoms. The maximum Gasteiger partial charge on any atom is 0.143 e. The van der Waals surface area contributed by atoms with Gasteiger partial charge in [-0.15, -0.1) is 0 Å². The van der Waals surface area contributed by atoms with Crippen LogP contribution >= 0.6 is 0 Å². The molecule has 57 heavy (non-hydrogen) atoms. The molecule has 8 aromatic carbocycles. The Labute approximate surface area is 331 Å². The van der Waals surface area contributed by atoms with Gasteiger partial charge in [0.25, 0.3) is 0 Å². The first kappa shape index (κ1) is 32.4. The van der Waals surface area contributed by atoms with Gasteiger partial charge in [-0.1, -0.05) is 137 Å². The zero-order chi connectivity index (χ0) is 38.2. The number of hydrogen-bond acceptors (Lipinski definition) is 3. The minimum absolute atomic E-state index is 0.150. The molecule has 0 bridgehead atoms. The number of anilines is 3. The SMILES string of the molecule is CC1(C)c2ccccc2-c2ccc(N(c3ccc4c(c3)C(C)(C)c3ccccc3-4)c3cc(-c4ccccc4)c4oc5ccc6oc7ccccc7c6c5c4c3)cc21. The minimum atomic E-state index is -0.150. The van der Waals surface area contributed by atoms with Crippen LogP contribution in [0.4, 0.5) is 17.1 Å². The molecule has 2 aliphatic carbocycles. The second-order valence-corrected chi connectivity index (χ2v) is 16.9. The van der Waals surface area contributed by atoms with E-state index in [1.807, 2.05) is 18.2 Å². The first-order chi connectivity index (χ1) is 27.8. The van der Waals surface area contributed by atoms with E-state index in [9.17, 15) is 0 Å². The maximum absolute atomic E-state index is 6.90. The smallest absolute Gasteiger partial charge is 0.143 e. The van der Waals surface area contributed by atoms with Crippen LogP contribution in [0.1, 0.15) is 49.9 Å². The third kappa shape index (κ3) is 4.43. The van der Waals surface area contributed by atoms with Crippen LogP contribution in [0, 0.1) is 0 Å². The summed E-state index contributed by atoms with van der Waals surface area (Å²) in [4.78, 5) is 2.47. The first-order valence-electron chi connectivity index (χ1n) is 19.9. The molecule has 0 saturated heterocycles. The lowest BCUT2D eigenvalue weighted by molar-refractivity contribution is 0.660. The molecule has 12 rings (SSSR count). The Bertz CT molecular complexity index is 3200. The van der Waals surface area contributed by atoms with Gasteiger partial charge in [0.1, 0.15) is 22.3 Å². The van der Waals surface area contributed by atoms with E-state index in [1.165, 1.54) is 44.5 Å². The lowest BCUT2D eigenvalue weighted by atomic mass is 9.82. The molecule has 0 atom stereocenters. The van der Waals surface area contributed by atoms with Gasteiger partial charge in [-0.05, 0) is 105 Å². The fourth-order valence-electron chi connectivity index (χ4n) is 10.2. The Morgan fingerprint density at radius 1 is 0.368 bits per heavy atom. The molecule has 2 aliphatic rings. The summed E-state index contributed by atoms with van der Waals surface area (Å²) in [6.45, 7) is 9.44. The summed E-state index contributed by atoms with van der Waals surface area (Å²) in [5.41, 5.74) is 19.3. The lowest BCUT2D eigenvalue weighted by Gasteiger charge is -2.30. The Morgan fingerprint density at radius 2 is 0.895 bits per heavy atom. The molecule has 2 aromatic heterocycles. The van der Waals surface area contributed by atoms with Crippen LogP contribution in [0.25, 0.3) is 77.3 Å². The van der Waals surface area contributed by atoms with Crippen molar-refractivity contribution in [2.45, 2.75) is 38.5 Å². The predicted octanol–water partition coefficient (Wildman–Crippen LogP) is 15.2. The molecule has 0 aliphatic heterocycles. The Morgan fingerprint density at radius 3 is 1.54 bits per heavy atom. The van der Waals surface area contributed by atoms with E-state index in [1.54, 1.807) is 0 Å². The Kier molecular flexibility index (Phi) is 6.46. The van der Waals surface area contributed by atoms with Crippen molar-refractivity contribution in [3.05, 3.63) is 186 Å². The van der Waals surface area contributed by atoms with Crippen LogP contribution in [0.15, 0.2) is 173 Å². The van der Waals surface area contributed by atoms with Crippen LogP contribution in [0.3, 0.4) is 0 Å². The largest absolute Gasteiger partial charge is 0.456 e. The van der Waals surface area contributed by atoms with Crippen LogP contribution in [-0.4, -0.2) is 0 Å². The zero-order valence-electron chi connectivity index (χ0n) is 32.4. The summed E-state index contributed by atoms with van der Waals surface area (Å²) in [5, 5.41) is 4.30.